The van der Waals surface area contributed by atoms with Gasteiger partial charge in [-0.3, -0.25) is 10.1 Å². The van der Waals surface area contributed by atoms with Gasteiger partial charge in [0.05, 0.1) is 5.69 Å². The molecule has 1 N–H and O–H groups in total. The maximum absolute atomic E-state index is 13.1. The van der Waals surface area contributed by atoms with Crippen LogP contribution in [0.1, 0.15) is 10.4 Å². The number of amides is 1. The van der Waals surface area contributed by atoms with Crippen molar-refractivity contribution in [2.24, 2.45) is 0 Å². The van der Waals surface area contributed by atoms with Gasteiger partial charge in [0.1, 0.15) is 5.82 Å². The minimum absolute atomic E-state index is 0.304. The molecule has 0 radical (unpaired) electrons. The summed E-state index contributed by atoms with van der Waals surface area (Å²) in [7, 11) is 0. The molecule has 0 aliphatic heterocycles. The monoisotopic (exact) mass is 406 g/mol. The van der Waals surface area contributed by atoms with Crippen molar-refractivity contribution in [1.82, 2.24) is 4.98 Å². The Kier molecular flexibility index (Phi) is 5.71. The number of carbonyl (C=O) groups excluding carboxylic acids is 1. The molecule has 0 atom stereocenters. The third-order valence-corrected chi connectivity index (χ3v) is 4.97. The van der Waals surface area contributed by atoms with Crippen LogP contribution in [0.25, 0.3) is 17.3 Å². The van der Waals surface area contributed by atoms with Gasteiger partial charge in [0.15, 0.2) is 5.13 Å². The maximum atomic E-state index is 13.1. The first-order valence-corrected chi connectivity index (χ1v) is 9.17. The third kappa shape index (κ3) is 4.49. The third-order valence-electron chi connectivity index (χ3n) is 3.52. The van der Waals surface area contributed by atoms with Crippen LogP contribution < -0.4 is 5.32 Å². The fourth-order valence-corrected chi connectivity index (χ4v) is 3.58. The zero-order valence-electron chi connectivity index (χ0n) is 13.6. The summed E-state index contributed by atoms with van der Waals surface area (Å²) >= 11 is 13.3. The molecule has 26 heavy (non-hydrogen) atoms. The Balaban J connectivity index is 1.72. The summed E-state index contributed by atoms with van der Waals surface area (Å²) in [4.78, 5) is 17.5. The molecule has 0 spiro atoms. The number of carbonyl (C=O) groups is 1. The zero-order valence-corrected chi connectivity index (χ0v) is 15.9. The van der Waals surface area contributed by atoms with E-state index in [1.807, 2.05) is 6.92 Å². The number of thiazole rings is 1. The molecule has 3 aromatic rings. The Hall–Kier alpha value is -2.21. The lowest BCUT2D eigenvalue weighted by Crippen LogP contribution is -2.07. The van der Waals surface area contributed by atoms with E-state index in [0.717, 1.165) is 16.1 Å². The molecule has 3 nitrogen and oxygen atoms in total. The summed E-state index contributed by atoms with van der Waals surface area (Å²) in [6, 6.07) is 11.1. The largest absolute Gasteiger partial charge is 0.298 e. The van der Waals surface area contributed by atoms with Crippen LogP contribution in [0.5, 0.6) is 0 Å². The summed E-state index contributed by atoms with van der Waals surface area (Å²) in [5.74, 6) is -0.628. The first kappa shape index (κ1) is 18.6. The van der Waals surface area contributed by atoms with Crippen molar-refractivity contribution >= 4 is 51.7 Å². The average molecular weight is 407 g/mol. The first-order valence-electron chi connectivity index (χ1n) is 7.60. The number of nitrogens with one attached hydrogen (secondary N) is 1. The predicted octanol–water partition coefficient (Wildman–Crippen LogP) is 6.22. The lowest BCUT2D eigenvalue weighted by molar-refractivity contribution is -0.111. The summed E-state index contributed by atoms with van der Waals surface area (Å²) in [6.45, 7) is 1.90. The number of nitrogens with zero attached hydrogens (tertiary/aromatic N) is 1. The number of benzene rings is 2. The van der Waals surface area contributed by atoms with Crippen molar-refractivity contribution in [1.29, 1.82) is 0 Å². The summed E-state index contributed by atoms with van der Waals surface area (Å²) < 4.78 is 13.1. The van der Waals surface area contributed by atoms with E-state index in [-0.39, 0.29) is 11.7 Å². The molecule has 0 aliphatic carbocycles. The van der Waals surface area contributed by atoms with Gasteiger partial charge in [0, 0.05) is 26.6 Å². The molecule has 0 unspecified atom stereocenters. The average Bonchev–Trinajstić information content (AvgIpc) is 2.95. The smallest absolute Gasteiger partial charge is 0.250 e. The van der Waals surface area contributed by atoms with Crippen LogP contribution in [0.3, 0.4) is 0 Å². The van der Waals surface area contributed by atoms with Gasteiger partial charge in [-0.15, -0.1) is 11.3 Å². The number of aromatic nitrogens is 1. The van der Waals surface area contributed by atoms with Crippen LogP contribution in [0, 0.1) is 12.7 Å². The van der Waals surface area contributed by atoms with E-state index in [9.17, 15) is 9.18 Å². The molecule has 0 fully saturated rings. The van der Waals surface area contributed by atoms with E-state index in [1.54, 1.807) is 36.4 Å². The van der Waals surface area contributed by atoms with Gasteiger partial charge in [0.2, 0.25) is 5.91 Å². The number of hydrogen-bond acceptors (Lipinski definition) is 3. The van der Waals surface area contributed by atoms with Crippen molar-refractivity contribution in [2.75, 3.05) is 5.32 Å². The van der Waals surface area contributed by atoms with Crippen molar-refractivity contribution in [3.63, 3.8) is 0 Å². The van der Waals surface area contributed by atoms with Crippen molar-refractivity contribution in [3.8, 4) is 11.3 Å². The molecule has 2 aromatic carbocycles. The molecule has 0 saturated heterocycles. The molecule has 3 rings (SSSR count). The standard InChI is InChI=1S/C19H13Cl2FN2OS/c1-11-18(13-3-7-15(22)8-4-13)24-19(26-11)23-17(25)9-5-12-2-6-14(20)10-16(12)21/h2-10H,1H3,(H,23,24,25)/b9-5+. The Morgan fingerprint density at radius 2 is 1.92 bits per heavy atom. The summed E-state index contributed by atoms with van der Waals surface area (Å²) in [5, 5.41) is 4.19. The molecule has 1 heterocycles. The second-order valence-corrected chi connectivity index (χ2v) is 7.47. The molecule has 0 aliphatic rings. The number of anilines is 1. The molecule has 1 amide bonds. The van der Waals surface area contributed by atoms with Crippen molar-refractivity contribution in [2.45, 2.75) is 6.92 Å². The molecular formula is C19H13Cl2FN2OS. The van der Waals surface area contributed by atoms with Gasteiger partial charge in [0.25, 0.3) is 0 Å². The van der Waals surface area contributed by atoms with Crippen LogP contribution in [0.4, 0.5) is 9.52 Å². The summed E-state index contributed by atoms with van der Waals surface area (Å²) in [5.41, 5.74) is 2.20. The fraction of sp³-hybridized carbons (Fsp3) is 0.0526. The topological polar surface area (TPSA) is 42.0 Å². The Morgan fingerprint density at radius 1 is 1.19 bits per heavy atom. The highest BCUT2D eigenvalue weighted by Crippen LogP contribution is 2.30. The second kappa shape index (κ2) is 7.99. The minimum atomic E-state index is -0.324. The molecule has 1 aromatic heterocycles. The van der Waals surface area contributed by atoms with Crippen molar-refractivity contribution in [3.05, 3.63) is 74.8 Å². The molecule has 0 bridgehead atoms. The molecule has 7 heteroatoms. The van der Waals surface area contributed by atoms with E-state index in [4.69, 9.17) is 23.2 Å². The molecular weight excluding hydrogens is 394 g/mol. The highest BCUT2D eigenvalue weighted by Gasteiger charge is 2.11. The van der Waals surface area contributed by atoms with Gasteiger partial charge in [-0.25, -0.2) is 9.37 Å². The van der Waals surface area contributed by atoms with E-state index < -0.39 is 0 Å². The predicted molar refractivity (Wildman–Crippen MR) is 106 cm³/mol. The number of halogens is 3. The SMILES string of the molecule is Cc1sc(NC(=O)/C=C/c2ccc(Cl)cc2Cl)nc1-c1ccc(F)cc1. The van der Waals surface area contributed by atoms with Crippen LogP contribution in [0.2, 0.25) is 10.0 Å². The molecule has 132 valence electrons. The van der Waals surface area contributed by atoms with Crippen LogP contribution in [0.15, 0.2) is 48.5 Å². The zero-order chi connectivity index (χ0) is 18.7. The van der Waals surface area contributed by atoms with Gasteiger partial charge in [-0.2, -0.15) is 0 Å². The lowest BCUT2D eigenvalue weighted by atomic mass is 10.1. The van der Waals surface area contributed by atoms with E-state index in [1.165, 1.54) is 29.5 Å². The number of aryl methyl sites for hydroxylation is 1. The quantitative estimate of drug-likeness (QED) is 0.522. The maximum Gasteiger partial charge on any atom is 0.250 e. The van der Waals surface area contributed by atoms with Crippen LogP contribution >= 0.6 is 34.5 Å². The van der Waals surface area contributed by atoms with Crippen LogP contribution in [-0.4, -0.2) is 10.9 Å². The van der Waals surface area contributed by atoms with E-state index in [2.05, 4.69) is 10.3 Å². The first-order chi connectivity index (χ1) is 12.4. The van der Waals surface area contributed by atoms with Gasteiger partial charge in [-0.05, 0) is 55.0 Å². The van der Waals surface area contributed by atoms with E-state index >= 15 is 0 Å². The van der Waals surface area contributed by atoms with Gasteiger partial charge < -0.3 is 0 Å². The van der Waals surface area contributed by atoms with Gasteiger partial charge >= 0.3 is 0 Å². The van der Waals surface area contributed by atoms with Crippen LogP contribution in [-0.2, 0) is 4.79 Å². The number of rotatable bonds is 4. The highest BCUT2D eigenvalue weighted by atomic mass is 35.5. The molecule has 0 saturated carbocycles. The fourth-order valence-electron chi connectivity index (χ4n) is 2.27. The number of hydrogen-bond donors (Lipinski definition) is 1. The second-order valence-electron chi connectivity index (χ2n) is 5.42. The lowest BCUT2D eigenvalue weighted by Gasteiger charge is -1.99. The van der Waals surface area contributed by atoms with Crippen molar-refractivity contribution < 1.29 is 9.18 Å². The Bertz CT molecular complexity index is 984. The minimum Gasteiger partial charge on any atom is -0.298 e. The summed E-state index contributed by atoms with van der Waals surface area (Å²) in [6.07, 6.45) is 2.98. The van der Waals surface area contributed by atoms with E-state index in [0.29, 0.717) is 20.7 Å². The van der Waals surface area contributed by atoms with Gasteiger partial charge in [-0.1, -0.05) is 29.3 Å². The Labute approximate surface area is 164 Å². The normalized spacial score (nSPS) is 11.1. The Morgan fingerprint density at radius 3 is 2.62 bits per heavy atom. The highest BCUT2D eigenvalue weighted by molar-refractivity contribution is 7.16.